The molecule has 0 aliphatic heterocycles. The monoisotopic (exact) mass is 274 g/mol. The quantitative estimate of drug-likeness (QED) is 0.359. The first-order chi connectivity index (χ1) is 9.70. The lowest BCUT2D eigenvalue weighted by Gasteiger charge is -2.11. The predicted molar refractivity (Wildman–Crippen MR) is 76.5 cm³/mol. The molecule has 1 fully saturated rings. The summed E-state index contributed by atoms with van der Waals surface area (Å²) >= 11 is 0. The molecule has 1 aliphatic carbocycles. The van der Waals surface area contributed by atoms with Gasteiger partial charge in [-0.2, -0.15) is 0 Å². The fraction of sp³-hybridized carbons (Fsp3) is 0.467. The van der Waals surface area contributed by atoms with Crippen LogP contribution in [0, 0.1) is 22.0 Å². The van der Waals surface area contributed by atoms with E-state index in [1.165, 1.54) is 18.9 Å². The van der Waals surface area contributed by atoms with Gasteiger partial charge in [0.1, 0.15) is 5.75 Å². The molecule has 1 saturated carbocycles. The highest BCUT2D eigenvalue weighted by Crippen LogP contribution is 2.26. The zero-order valence-electron chi connectivity index (χ0n) is 11.5. The third-order valence-corrected chi connectivity index (χ3v) is 3.07. The van der Waals surface area contributed by atoms with Crippen molar-refractivity contribution >= 4 is 5.69 Å². The summed E-state index contributed by atoms with van der Waals surface area (Å²) in [4.78, 5) is 10.5. The van der Waals surface area contributed by atoms with Crippen LogP contribution < -0.4 is 10.1 Å². The van der Waals surface area contributed by atoms with Crippen LogP contribution in [0.4, 0.5) is 5.69 Å². The molecule has 106 valence electrons. The fourth-order valence-corrected chi connectivity index (χ4v) is 1.84. The standard InChI is InChI=1S/C15H18N2O3/c1-2-3-4-9-20-15-8-7-14(17(18)19)10-12(15)11-16-13-5-6-13/h7-8,10,13,16H,4-6,9,11H2,1H3. The Labute approximate surface area is 118 Å². The number of ether oxygens (including phenoxy) is 1. The Balaban J connectivity index is 2.05. The van der Waals surface area contributed by atoms with Crippen LogP contribution >= 0.6 is 0 Å². The van der Waals surface area contributed by atoms with E-state index in [-0.39, 0.29) is 10.6 Å². The minimum absolute atomic E-state index is 0.0956. The van der Waals surface area contributed by atoms with Gasteiger partial charge in [-0.25, -0.2) is 0 Å². The molecule has 2 rings (SSSR count). The first-order valence-electron chi connectivity index (χ1n) is 6.74. The maximum absolute atomic E-state index is 10.8. The Hall–Kier alpha value is -2.06. The number of benzene rings is 1. The number of nitrogens with one attached hydrogen (secondary N) is 1. The van der Waals surface area contributed by atoms with Crippen LogP contribution in [0.25, 0.3) is 0 Å². The second kappa shape index (κ2) is 6.92. The maximum atomic E-state index is 10.8. The van der Waals surface area contributed by atoms with Gasteiger partial charge in [0.15, 0.2) is 0 Å². The first-order valence-corrected chi connectivity index (χ1v) is 6.74. The average Bonchev–Trinajstić information content (AvgIpc) is 3.26. The Kier molecular flexibility index (Phi) is 4.97. The highest BCUT2D eigenvalue weighted by Gasteiger charge is 2.21. The molecule has 1 aromatic rings. The van der Waals surface area contributed by atoms with Gasteiger partial charge in [0.05, 0.1) is 11.5 Å². The van der Waals surface area contributed by atoms with Gasteiger partial charge in [-0.05, 0) is 25.8 Å². The van der Waals surface area contributed by atoms with E-state index in [1.54, 1.807) is 19.1 Å². The van der Waals surface area contributed by atoms with E-state index in [1.807, 2.05) is 0 Å². The number of nitrogens with zero attached hydrogens (tertiary/aromatic N) is 1. The number of hydrogen-bond acceptors (Lipinski definition) is 4. The molecule has 0 aromatic heterocycles. The van der Waals surface area contributed by atoms with E-state index in [9.17, 15) is 10.1 Å². The lowest BCUT2D eigenvalue weighted by molar-refractivity contribution is -0.384. The van der Waals surface area contributed by atoms with Crippen LogP contribution in [0.1, 0.15) is 31.7 Å². The van der Waals surface area contributed by atoms with Crippen molar-refractivity contribution in [1.82, 2.24) is 5.32 Å². The van der Waals surface area contributed by atoms with Crippen LogP contribution in [-0.2, 0) is 6.54 Å². The molecule has 0 heterocycles. The molecule has 0 saturated heterocycles. The molecule has 1 aliphatic rings. The summed E-state index contributed by atoms with van der Waals surface area (Å²) in [5, 5.41) is 14.2. The molecular formula is C15H18N2O3. The van der Waals surface area contributed by atoms with E-state index in [2.05, 4.69) is 17.2 Å². The Morgan fingerprint density at radius 3 is 2.95 bits per heavy atom. The minimum atomic E-state index is -0.382. The topological polar surface area (TPSA) is 64.4 Å². The van der Waals surface area contributed by atoms with Crippen LogP contribution in [0.2, 0.25) is 0 Å². The minimum Gasteiger partial charge on any atom is -0.492 e. The molecule has 1 aromatic carbocycles. The summed E-state index contributed by atoms with van der Waals surface area (Å²) in [5.41, 5.74) is 0.925. The van der Waals surface area contributed by atoms with Crippen LogP contribution in [0.3, 0.4) is 0 Å². The zero-order chi connectivity index (χ0) is 14.4. The lowest BCUT2D eigenvalue weighted by atomic mass is 10.1. The fourth-order valence-electron chi connectivity index (χ4n) is 1.84. The molecular weight excluding hydrogens is 256 g/mol. The summed E-state index contributed by atoms with van der Waals surface area (Å²) in [6, 6.07) is 5.27. The van der Waals surface area contributed by atoms with E-state index in [0.717, 1.165) is 5.56 Å². The van der Waals surface area contributed by atoms with Gasteiger partial charge in [-0.1, -0.05) is 0 Å². The predicted octanol–water partition coefficient (Wildman–Crippen LogP) is 2.64. The third kappa shape index (κ3) is 4.25. The largest absolute Gasteiger partial charge is 0.492 e. The van der Waals surface area contributed by atoms with Crippen molar-refractivity contribution in [2.75, 3.05) is 6.61 Å². The smallest absolute Gasteiger partial charge is 0.270 e. The van der Waals surface area contributed by atoms with Gasteiger partial charge >= 0.3 is 0 Å². The SMILES string of the molecule is CC#CCCOc1ccc([N+](=O)[O-])cc1CNC1CC1. The third-order valence-electron chi connectivity index (χ3n) is 3.07. The summed E-state index contributed by atoms with van der Waals surface area (Å²) in [6.45, 7) is 2.88. The number of hydrogen-bond donors (Lipinski definition) is 1. The molecule has 0 bridgehead atoms. The normalized spacial score (nSPS) is 13.4. The molecule has 0 radical (unpaired) electrons. The molecule has 0 atom stereocenters. The molecule has 0 spiro atoms. The highest BCUT2D eigenvalue weighted by molar-refractivity contribution is 5.43. The van der Waals surface area contributed by atoms with Crippen molar-refractivity contribution in [1.29, 1.82) is 0 Å². The van der Waals surface area contributed by atoms with Crippen LogP contribution in [-0.4, -0.2) is 17.6 Å². The Morgan fingerprint density at radius 2 is 2.30 bits per heavy atom. The van der Waals surface area contributed by atoms with E-state index in [4.69, 9.17) is 4.74 Å². The molecule has 0 amide bonds. The van der Waals surface area contributed by atoms with E-state index >= 15 is 0 Å². The van der Waals surface area contributed by atoms with Crippen molar-refractivity contribution in [3.05, 3.63) is 33.9 Å². The molecule has 0 unspecified atom stereocenters. The van der Waals surface area contributed by atoms with Crippen molar-refractivity contribution in [3.8, 4) is 17.6 Å². The second-order valence-corrected chi connectivity index (χ2v) is 4.73. The van der Waals surface area contributed by atoms with Crippen molar-refractivity contribution in [2.45, 2.75) is 38.8 Å². The molecule has 5 nitrogen and oxygen atoms in total. The number of nitro benzene ring substituents is 1. The zero-order valence-corrected chi connectivity index (χ0v) is 11.5. The lowest BCUT2D eigenvalue weighted by Crippen LogP contribution is -2.16. The van der Waals surface area contributed by atoms with E-state index in [0.29, 0.717) is 31.4 Å². The molecule has 1 N–H and O–H groups in total. The van der Waals surface area contributed by atoms with Gasteiger partial charge in [-0.15, -0.1) is 11.8 Å². The van der Waals surface area contributed by atoms with Crippen LogP contribution in [0.15, 0.2) is 18.2 Å². The molecule has 5 heteroatoms. The van der Waals surface area contributed by atoms with Gasteiger partial charge in [-0.3, -0.25) is 10.1 Å². The Bertz CT molecular complexity index is 542. The highest BCUT2D eigenvalue weighted by atomic mass is 16.6. The average molecular weight is 274 g/mol. The van der Waals surface area contributed by atoms with Crippen molar-refractivity contribution in [3.63, 3.8) is 0 Å². The van der Waals surface area contributed by atoms with Gasteiger partial charge in [0, 0.05) is 36.7 Å². The number of nitro groups is 1. The number of rotatable bonds is 7. The number of non-ortho nitro benzene ring substituents is 1. The van der Waals surface area contributed by atoms with E-state index < -0.39 is 0 Å². The van der Waals surface area contributed by atoms with Gasteiger partial charge in [0.25, 0.3) is 5.69 Å². The summed E-state index contributed by atoms with van der Waals surface area (Å²) in [7, 11) is 0. The van der Waals surface area contributed by atoms with Gasteiger partial charge in [0.2, 0.25) is 0 Å². The summed E-state index contributed by atoms with van der Waals surface area (Å²) < 4.78 is 5.66. The second-order valence-electron chi connectivity index (χ2n) is 4.73. The molecule has 20 heavy (non-hydrogen) atoms. The van der Waals surface area contributed by atoms with Crippen molar-refractivity contribution in [2.24, 2.45) is 0 Å². The first kappa shape index (κ1) is 14.4. The van der Waals surface area contributed by atoms with Crippen LogP contribution in [0.5, 0.6) is 5.75 Å². The van der Waals surface area contributed by atoms with Crippen molar-refractivity contribution < 1.29 is 9.66 Å². The Morgan fingerprint density at radius 1 is 1.50 bits per heavy atom. The van der Waals surface area contributed by atoms with Gasteiger partial charge < -0.3 is 10.1 Å². The summed E-state index contributed by atoms with van der Waals surface area (Å²) in [6.07, 6.45) is 3.01. The summed E-state index contributed by atoms with van der Waals surface area (Å²) in [5.74, 6) is 6.43. The maximum Gasteiger partial charge on any atom is 0.270 e.